The van der Waals surface area contributed by atoms with Crippen molar-refractivity contribution in [1.82, 2.24) is 13.9 Å². The fourth-order valence-corrected chi connectivity index (χ4v) is 3.91. The second kappa shape index (κ2) is 7.48. The number of sulfonamides is 1. The molecule has 26 heavy (non-hydrogen) atoms. The van der Waals surface area contributed by atoms with E-state index in [1.807, 2.05) is 6.20 Å². The van der Waals surface area contributed by atoms with Crippen LogP contribution >= 0.6 is 0 Å². The van der Waals surface area contributed by atoms with Crippen molar-refractivity contribution in [2.75, 3.05) is 13.4 Å². The quantitative estimate of drug-likeness (QED) is 0.772. The number of nitrogens with zero attached hydrogens (tertiary/aromatic N) is 4. The number of rotatable bonds is 6. The number of fused-ring (bicyclic) bond motifs is 1. The van der Waals surface area contributed by atoms with Crippen molar-refractivity contribution in [3.8, 4) is 11.8 Å². The molecule has 2 heterocycles. The maximum atomic E-state index is 12.3. The first-order valence-electron chi connectivity index (χ1n) is 8.48. The van der Waals surface area contributed by atoms with E-state index >= 15 is 0 Å². The molecule has 1 aromatic heterocycles. The smallest absolute Gasteiger partial charge is 0.211 e. The maximum Gasteiger partial charge on any atom is 0.211 e. The molecule has 0 aliphatic carbocycles. The lowest BCUT2D eigenvalue weighted by Gasteiger charge is -2.19. The van der Waals surface area contributed by atoms with Gasteiger partial charge in [-0.15, -0.1) is 0 Å². The number of aromatic nitrogens is 2. The molecule has 0 amide bonds. The average Bonchev–Trinajstić information content (AvgIpc) is 3.02. The van der Waals surface area contributed by atoms with E-state index in [-0.39, 0.29) is 13.1 Å². The van der Waals surface area contributed by atoms with Crippen molar-refractivity contribution in [3.05, 3.63) is 47.0 Å². The van der Waals surface area contributed by atoms with E-state index in [4.69, 9.17) is 4.74 Å². The van der Waals surface area contributed by atoms with Crippen LogP contribution in [0.1, 0.15) is 35.5 Å². The lowest BCUT2D eigenvalue weighted by atomic mass is 10.1. The number of nitriles is 1. The van der Waals surface area contributed by atoms with E-state index in [0.717, 1.165) is 42.9 Å². The summed E-state index contributed by atoms with van der Waals surface area (Å²) in [6, 6.07) is 7.19. The molecule has 0 spiro atoms. The molecule has 0 saturated heterocycles. The Kier molecular flexibility index (Phi) is 5.30. The number of hydrogen-bond acceptors (Lipinski definition) is 5. The first kappa shape index (κ1) is 18.4. The Labute approximate surface area is 153 Å². The fraction of sp³-hybridized carbons (Fsp3) is 0.444. The van der Waals surface area contributed by atoms with Crippen molar-refractivity contribution in [2.45, 2.75) is 38.9 Å². The number of benzene rings is 1. The lowest BCUT2D eigenvalue weighted by Crippen LogP contribution is -2.29. The van der Waals surface area contributed by atoms with Gasteiger partial charge in [-0.25, -0.2) is 13.4 Å². The molecule has 8 heteroatoms. The van der Waals surface area contributed by atoms with Gasteiger partial charge in [-0.3, -0.25) is 0 Å². The predicted molar refractivity (Wildman–Crippen MR) is 97.0 cm³/mol. The summed E-state index contributed by atoms with van der Waals surface area (Å²) < 4.78 is 33.2. The van der Waals surface area contributed by atoms with Gasteiger partial charge in [0.25, 0.3) is 0 Å². The topological polar surface area (TPSA) is 88.2 Å². The number of hydrogen-bond donors (Lipinski definition) is 0. The molecule has 3 rings (SSSR count). The molecule has 1 aliphatic heterocycles. The van der Waals surface area contributed by atoms with Crippen molar-refractivity contribution in [2.24, 2.45) is 0 Å². The molecule has 2 aromatic rings. The minimum absolute atomic E-state index is 0.180. The third-order valence-electron chi connectivity index (χ3n) is 4.51. The summed E-state index contributed by atoms with van der Waals surface area (Å²) in [5, 5.41) is 9.22. The van der Waals surface area contributed by atoms with E-state index in [1.165, 1.54) is 17.7 Å². The first-order valence-corrected chi connectivity index (χ1v) is 10.3. The highest BCUT2D eigenvalue weighted by atomic mass is 32.2. The molecule has 0 N–H and O–H groups in total. The molecule has 0 saturated carbocycles. The van der Waals surface area contributed by atoms with E-state index in [2.05, 4.69) is 15.6 Å². The number of aryl methyl sites for hydroxylation is 2. The van der Waals surface area contributed by atoms with Gasteiger partial charge in [0.2, 0.25) is 10.0 Å². The number of ether oxygens (including phenoxy) is 1. The zero-order valence-electron chi connectivity index (χ0n) is 15.0. The zero-order valence-corrected chi connectivity index (χ0v) is 15.8. The maximum absolute atomic E-state index is 12.3. The molecule has 0 atom stereocenters. The third kappa shape index (κ3) is 4.06. The third-order valence-corrected chi connectivity index (χ3v) is 5.71. The Hall–Kier alpha value is -2.37. The Bertz CT molecular complexity index is 920. The van der Waals surface area contributed by atoms with E-state index in [9.17, 15) is 13.7 Å². The Morgan fingerprint density at radius 1 is 1.35 bits per heavy atom. The van der Waals surface area contributed by atoms with Crippen molar-refractivity contribution >= 4 is 10.0 Å². The van der Waals surface area contributed by atoms with Gasteiger partial charge in [0, 0.05) is 25.7 Å². The van der Waals surface area contributed by atoms with Crippen LogP contribution in [0, 0.1) is 11.3 Å². The van der Waals surface area contributed by atoms with Crippen LogP contribution in [0.5, 0.6) is 5.75 Å². The number of imidazole rings is 1. The van der Waals surface area contributed by atoms with Crippen LogP contribution in [-0.2, 0) is 36.1 Å². The molecule has 1 aliphatic rings. The standard InChI is InChI=1S/C18H22N4O3S/c1-25-17-7-6-14(9-15(17)10-19)11-22(26(2,23)24)13-16-12-21-8-4-3-5-18(21)20-16/h6-7,9,12H,3-5,8,11,13H2,1-2H3. The summed E-state index contributed by atoms with van der Waals surface area (Å²) in [4.78, 5) is 4.59. The second-order valence-electron chi connectivity index (χ2n) is 6.48. The fourth-order valence-electron chi connectivity index (χ4n) is 3.16. The van der Waals surface area contributed by atoms with Crippen LogP contribution in [0.4, 0.5) is 0 Å². The first-order chi connectivity index (χ1) is 12.4. The molecular formula is C18H22N4O3S. The van der Waals surface area contributed by atoms with Crippen LogP contribution in [0.3, 0.4) is 0 Å². The second-order valence-corrected chi connectivity index (χ2v) is 8.46. The van der Waals surface area contributed by atoms with Crippen molar-refractivity contribution in [3.63, 3.8) is 0 Å². The molecule has 7 nitrogen and oxygen atoms in total. The summed E-state index contributed by atoms with van der Waals surface area (Å²) in [5.41, 5.74) is 1.87. The SMILES string of the molecule is COc1ccc(CN(Cc2cn3c(n2)CCCC3)S(C)(=O)=O)cc1C#N. The van der Waals surface area contributed by atoms with Crippen molar-refractivity contribution in [1.29, 1.82) is 5.26 Å². The highest BCUT2D eigenvalue weighted by molar-refractivity contribution is 7.88. The summed E-state index contributed by atoms with van der Waals surface area (Å²) in [7, 11) is -1.93. The minimum atomic E-state index is -3.43. The molecule has 138 valence electrons. The van der Waals surface area contributed by atoms with E-state index in [1.54, 1.807) is 18.2 Å². The van der Waals surface area contributed by atoms with Crippen LogP contribution < -0.4 is 4.74 Å². The van der Waals surface area contributed by atoms with Crippen LogP contribution in [0.15, 0.2) is 24.4 Å². The zero-order chi connectivity index (χ0) is 18.7. The predicted octanol–water partition coefficient (Wildman–Crippen LogP) is 2.06. The number of methoxy groups -OCH3 is 1. The molecule has 0 radical (unpaired) electrons. The van der Waals surface area contributed by atoms with Gasteiger partial charge >= 0.3 is 0 Å². The normalized spacial score (nSPS) is 14.1. The molecule has 0 fully saturated rings. The minimum Gasteiger partial charge on any atom is -0.495 e. The average molecular weight is 374 g/mol. The summed E-state index contributed by atoms with van der Waals surface area (Å²) in [6.45, 7) is 1.33. The summed E-state index contributed by atoms with van der Waals surface area (Å²) in [6.07, 6.45) is 6.32. The van der Waals surface area contributed by atoms with Crippen LogP contribution in [0.2, 0.25) is 0 Å². The van der Waals surface area contributed by atoms with Gasteiger partial charge in [-0.05, 0) is 30.5 Å². The summed E-state index contributed by atoms with van der Waals surface area (Å²) >= 11 is 0. The van der Waals surface area contributed by atoms with Gasteiger partial charge in [0.05, 0.1) is 31.2 Å². The Morgan fingerprint density at radius 2 is 2.15 bits per heavy atom. The highest BCUT2D eigenvalue weighted by Gasteiger charge is 2.21. The van der Waals surface area contributed by atoms with Gasteiger partial charge < -0.3 is 9.30 Å². The van der Waals surface area contributed by atoms with Gasteiger partial charge in [-0.1, -0.05) is 6.07 Å². The Balaban J connectivity index is 1.83. The van der Waals surface area contributed by atoms with Crippen molar-refractivity contribution < 1.29 is 13.2 Å². The van der Waals surface area contributed by atoms with Gasteiger partial charge in [0.1, 0.15) is 17.6 Å². The largest absolute Gasteiger partial charge is 0.495 e. The van der Waals surface area contributed by atoms with E-state index < -0.39 is 10.0 Å². The lowest BCUT2D eigenvalue weighted by molar-refractivity contribution is 0.399. The van der Waals surface area contributed by atoms with Gasteiger partial charge in [-0.2, -0.15) is 9.57 Å². The monoisotopic (exact) mass is 374 g/mol. The summed E-state index contributed by atoms with van der Waals surface area (Å²) in [5.74, 6) is 1.50. The Morgan fingerprint density at radius 3 is 2.81 bits per heavy atom. The van der Waals surface area contributed by atoms with E-state index in [0.29, 0.717) is 11.3 Å². The van der Waals surface area contributed by atoms with Gasteiger partial charge in [0.15, 0.2) is 0 Å². The molecule has 1 aromatic carbocycles. The molecular weight excluding hydrogens is 352 g/mol. The molecule has 0 bridgehead atoms. The van der Waals surface area contributed by atoms with Crippen LogP contribution in [-0.4, -0.2) is 35.6 Å². The molecule has 0 unspecified atom stereocenters. The van der Waals surface area contributed by atoms with Crippen LogP contribution in [0.25, 0.3) is 0 Å². The highest BCUT2D eigenvalue weighted by Crippen LogP contribution is 2.22.